The van der Waals surface area contributed by atoms with E-state index in [0.717, 1.165) is 5.69 Å². The number of hydrogen-bond acceptors (Lipinski definition) is 3. The highest BCUT2D eigenvalue weighted by molar-refractivity contribution is 8.03. The molecule has 0 amide bonds. The van der Waals surface area contributed by atoms with Crippen molar-refractivity contribution in [1.29, 1.82) is 0 Å². The van der Waals surface area contributed by atoms with Gasteiger partial charge < -0.3 is 4.84 Å². The average molecular weight is 165 g/mol. The van der Waals surface area contributed by atoms with Gasteiger partial charge in [0.25, 0.3) is 0 Å². The molecule has 0 fully saturated rings. The quantitative estimate of drug-likeness (QED) is 0.593. The largest absolute Gasteiger partial charge is 0.376 e. The molecule has 1 aliphatic heterocycles. The van der Waals surface area contributed by atoms with Crippen LogP contribution in [-0.2, 0) is 4.84 Å². The van der Waals surface area contributed by atoms with E-state index in [1.54, 1.807) is 10.7 Å². The molecule has 1 heterocycles. The Hall–Kier alpha value is -1.09. The lowest BCUT2D eigenvalue weighted by Crippen LogP contribution is -2.05. The van der Waals surface area contributed by atoms with Crippen molar-refractivity contribution in [2.45, 2.75) is 0 Å². The first-order chi connectivity index (χ1) is 5.47. The highest BCUT2D eigenvalue weighted by atomic mass is 32.2. The summed E-state index contributed by atoms with van der Waals surface area (Å²) in [6.45, 7) is 0. The zero-order valence-corrected chi connectivity index (χ0v) is 6.62. The van der Waals surface area contributed by atoms with E-state index in [1.807, 2.05) is 35.7 Å². The monoisotopic (exact) mass is 165 g/mol. The van der Waals surface area contributed by atoms with Gasteiger partial charge in [0, 0.05) is 17.4 Å². The molecule has 1 aliphatic rings. The van der Waals surface area contributed by atoms with Crippen LogP contribution in [0.1, 0.15) is 0 Å². The van der Waals surface area contributed by atoms with Crippen LogP contribution in [0.3, 0.4) is 0 Å². The third-order valence-corrected chi connectivity index (χ3v) is 2.06. The van der Waals surface area contributed by atoms with Crippen molar-refractivity contribution in [2.24, 2.45) is 0 Å². The Morgan fingerprint density at radius 1 is 1.18 bits per heavy atom. The molecule has 0 saturated heterocycles. The lowest BCUT2D eigenvalue weighted by atomic mass is 10.3. The van der Waals surface area contributed by atoms with E-state index in [2.05, 4.69) is 0 Å². The van der Waals surface area contributed by atoms with Crippen molar-refractivity contribution < 1.29 is 4.84 Å². The maximum absolute atomic E-state index is 5.15. The summed E-state index contributed by atoms with van der Waals surface area (Å²) in [5, 5.41) is 1.90. The summed E-state index contributed by atoms with van der Waals surface area (Å²) in [7, 11) is 0. The van der Waals surface area contributed by atoms with E-state index in [4.69, 9.17) is 4.84 Å². The van der Waals surface area contributed by atoms with Crippen molar-refractivity contribution >= 4 is 17.6 Å². The first kappa shape index (κ1) is 6.61. The summed E-state index contributed by atoms with van der Waals surface area (Å²) < 4.78 is 1.75. The van der Waals surface area contributed by atoms with Gasteiger partial charge in [-0.25, -0.2) is 0 Å². The highest BCUT2D eigenvalue weighted by Crippen LogP contribution is 2.27. The van der Waals surface area contributed by atoms with E-state index >= 15 is 0 Å². The normalized spacial score (nSPS) is 15.1. The number of rotatable bonds is 1. The molecule has 0 N–H and O–H groups in total. The van der Waals surface area contributed by atoms with Gasteiger partial charge in [-0.1, -0.05) is 18.2 Å². The fourth-order valence-corrected chi connectivity index (χ4v) is 1.41. The third-order valence-electron chi connectivity index (χ3n) is 1.34. The minimum atomic E-state index is 1.06. The zero-order chi connectivity index (χ0) is 7.52. The number of hydrogen-bond donors (Lipinski definition) is 0. The predicted octanol–water partition coefficient (Wildman–Crippen LogP) is 2.56. The molecular formula is C8H7NOS. The van der Waals surface area contributed by atoms with Crippen molar-refractivity contribution in [3.05, 3.63) is 42.0 Å². The second-order valence-corrected chi connectivity index (χ2v) is 2.89. The van der Waals surface area contributed by atoms with E-state index in [9.17, 15) is 0 Å². The van der Waals surface area contributed by atoms with Crippen LogP contribution in [0.4, 0.5) is 5.69 Å². The Morgan fingerprint density at radius 2 is 2.00 bits per heavy atom. The predicted molar refractivity (Wildman–Crippen MR) is 46.7 cm³/mol. The van der Waals surface area contributed by atoms with Gasteiger partial charge in [0.05, 0.1) is 5.69 Å². The lowest BCUT2D eigenvalue weighted by Gasteiger charge is -2.13. The van der Waals surface area contributed by atoms with E-state index in [1.165, 1.54) is 11.9 Å². The molecule has 0 saturated carbocycles. The Kier molecular flexibility index (Phi) is 1.73. The molecule has 0 radical (unpaired) electrons. The van der Waals surface area contributed by atoms with E-state index < -0.39 is 0 Å². The molecular weight excluding hydrogens is 158 g/mol. The van der Waals surface area contributed by atoms with Crippen LogP contribution >= 0.6 is 11.9 Å². The van der Waals surface area contributed by atoms with Crippen molar-refractivity contribution in [1.82, 2.24) is 0 Å². The topological polar surface area (TPSA) is 12.5 Å². The fourth-order valence-electron chi connectivity index (χ4n) is 0.857. The van der Waals surface area contributed by atoms with Gasteiger partial charge in [-0.3, -0.25) is 0 Å². The molecule has 1 aromatic carbocycles. The smallest absolute Gasteiger partial charge is 0.128 e. The summed E-state index contributed by atoms with van der Waals surface area (Å²) in [6, 6.07) is 9.95. The number of nitrogens with zero attached hydrogens (tertiary/aromatic N) is 1. The molecule has 0 bridgehead atoms. The fraction of sp³-hybridized carbons (Fsp3) is 0. The van der Waals surface area contributed by atoms with Gasteiger partial charge in [0.15, 0.2) is 0 Å². The molecule has 2 nitrogen and oxygen atoms in total. The Labute approximate surface area is 69.6 Å². The minimum Gasteiger partial charge on any atom is -0.376 e. The van der Waals surface area contributed by atoms with Gasteiger partial charge in [0.2, 0.25) is 0 Å². The standard InChI is InChI=1S/C8H7NOS/c1-2-4-8(5-3-1)9-10-6-7-11-9/h1-7H. The maximum Gasteiger partial charge on any atom is 0.128 e. The van der Waals surface area contributed by atoms with Crippen LogP contribution in [0, 0.1) is 0 Å². The third kappa shape index (κ3) is 1.33. The molecule has 3 heteroatoms. The molecule has 0 spiro atoms. The SMILES string of the molecule is C1=CSN(c2ccccc2)O1. The van der Waals surface area contributed by atoms with Crippen LogP contribution in [0.2, 0.25) is 0 Å². The number of para-hydroxylation sites is 1. The van der Waals surface area contributed by atoms with E-state index in [0.29, 0.717) is 0 Å². The average Bonchev–Trinajstić information content (AvgIpc) is 2.58. The zero-order valence-electron chi connectivity index (χ0n) is 5.81. The summed E-state index contributed by atoms with van der Waals surface area (Å²) in [4.78, 5) is 5.15. The van der Waals surface area contributed by atoms with Gasteiger partial charge >= 0.3 is 0 Å². The molecule has 0 atom stereocenters. The van der Waals surface area contributed by atoms with Crippen LogP contribution in [-0.4, -0.2) is 0 Å². The molecule has 0 unspecified atom stereocenters. The van der Waals surface area contributed by atoms with Crippen LogP contribution < -0.4 is 4.47 Å². The highest BCUT2D eigenvalue weighted by Gasteiger charge is 2.08. The Bertz CT molecular complexity index is 252. The van der Waals surface area contributed by atoms with Crippen LogP contribution in [0.5, 0.6) is 0 Å². The van der Waals surface area contributed by atoms with Gasteiger partial charge in [-0.05, 0) is 12.1 Å². The minimum absolute atomic E-state index is 1.06. The Balaban J connectivity index is 2.17. The van der Waals surface area contributed by atoms with Gasteiger partial charge in [0.1, 0.15) is 6.26 Å². The van der Waals surface area contributed by atoms with Crippen molar-refractivity contribution in [3.8, 4) is 0 Å². The number of benzene rings is 1. The van der Waals surface area contributed by atoms with Crippen LogP contribution in [0.15, 0.2) is 42.0 Å². The van der Waals surface area contributed by atoms with Gasteiger partial charge in [-0.15, -0.1) is 4.47 Å². The van der Waals surface area contributed by atoms with Gasteiger partial charge in [-0.2, -0.15) is 0 Å². The molecule has 11 heavy (non-hydrogen) atoms. The van der Waals surface area contributed by atoms with Crippen LogP contribution in [0.25, 0.3) is 0 Å². The second-order valence-electron chi connectivity index (χ2n) is 2.08. The molecule has 56 valence electrons. The first-order valence-electron chi connectivity index (χ1n) is 3.30. The second kappa shape index (κ2) is 2.88. The summed E-state index contributed by atoms with van der Waals surface area (Å²) in [6.07, 6.45) is 1.66. The molecule has 1 aromatic rings. The molecule has 0 aliphatic carbocycles. The Morgan fingerprint density at radius 3 is 2.64 bits per heavy atom. The summed E-state index contributed by atoms with van der Waals surface area (Å²) in [5.41, 5.74) is 1.06. The lowest BCUT2D eigenvalue weighted by molar-refractivity contribution is 0.289. The molecule has 2 rings (SSSR count). The number of anilines is 1. The van der Waals surface area contributed by atoms with Crippen molar-refractivity contribution in [2.75, 3.05) is 4.47 Å². The first-order valence-corrected chi connectivity index (χ1v) is 4.14. The van der Waals surface area contributed by atoms with E-state index in [-0.39, 0.29) is 0 Å². The molecule has 0 aromatic heterocycles. The summed E-state index contributed by atoms with van der Waals surface area (Å²) >= 11 is 1.53. The maximum atomic E-state index is 5.15. The summed E-state index contributed by atoms with van der Waals surface area (Å²) in [5.74, 6) is 0. The van der Waals surface area contributed by atoms with Crippen molar-refractivity contribution in [3.63, 3.8) is 0 Å².